The smallest absolute Gasteiger partial charge is 0.330 e. The van der Waals surface area contributed by atoms with Gasteiger partial charge in [-0.1, -0.05) is 26.7 Å². The van der Waals surface area contributed by atoms with E-state index in [0.717, 1.165) is 24.7 Å². The van der Waals surface area contributed by atoms with Crippen LogP contribution in [0, 0.1) is 0 Å². The highest BCUT2D eigenvalue weighted by molar-refractivity contribution is 7.92. The lowest BCUT2D eigenvalue weighted by Gasteiger charge is -2.30. The number of rotatable bonds is 9. The van der Waals surface area contributed by atoms with Crippen LogP contribution in [-0.4, -0.2) is 43.2 Å². The highest BCUT2D eigenvalue weighted by Crippen LogP contribution is 2.31. The Morgan fingerprint density at radius 2 is 1.88 bits per heavy atom. The number of hydrogen-bond acceptors (Lipinski definition) is 6. The molecule has 0 unspecified atom stereocenters. The zero-order valence-electron chi connectivity index (χ0n) is 20.0. The molecule has 186 valence electrons. The number of nitrogens with zero attached hydrogens (tertiary/aromatic N) is 3. The Hall–Kier alpha value is -3.08. The Bertz CT molecular complexity index is 1280. The van der Waals surface area contributed by atoms with Crippen molar-refractivity contribution in [2.75, 3.05) is 34.3 Å². The average molecular weight is 492 g/mol. The molecule has 0 bridgehead atoms. The van der Waals surface area contributed by atoms with Gasteiger partial charge >= 0.3 is 5.69 Å². The molecule has 3 N–H and O–H groups in total. The number of carbonyl (C=O) groups excluding carboxylic acids is 1. The standard InChI is InChI=1S/C23H33N5O5S/c1-4-6-12-26(19-20(24)27(13-7-5-2)23(31)25-21(19)29)22(30)17-10-11-18-16(15-17)9-8-14-28(18)34(3,32)33/h10-11,15H,4-9,12-14,24H2,1-3H3,(H,25,29,31). The van der Waals surface area contributed by atoms with Crippen LogP contribution in [0.25, 0.3) is 0 Å². The van der Waals surface area contributed by atoms with Crippen LogP contribution in [-0.2, 0) is 23.0 Å². The first kappa shape index (κ1) is 25.5. The summed E-state index contributed by atoms with van der Waals surface area (Å²) in [6.45, 7) is 4.93. The lowest BCUT2D eigenvalue weighted by molar-refractivity contribution is 0.0986. The lowest BCUT2D eigenvalue weighted by Crippen LogP contribution is -2.42. The van der Waals surface area contributed by atoms with Gasteiger partial charge in [0.2, 0.25) is 10.0 Å². The molecule has 0 aliphatic carbocycles. The van der Waals surface area contributed by atoms with Gasteiger partial charge in [0.05, 0.1) is 11.9 Å². The predicted octanol–water partition coefficient (Wildman–Crippen LogP) is 2.08. The van der Waals surface area contributed by atoms with Gasteiger partial charge in [0.25, 0.3) is 11.5 Å². The third-order valence-corrected chi connectivity index (χ3v) is 7.18. The van der Waals surface area contributed by atoms with E-state index in [1.54, 1.807) is 18.2 Å². The van der Waals surface area contributed by atoms with Crippen LogP contribution < -0.4 is 26.2 Å². The van der Waals surface area contributed by atoms with E-state index < -0.39 is 27.2 Å². The predicted molar refractivity (Wildman–Crippen MR) is 134 cm³/mol. The number of amides is 1. The zero-order valence-corrected chi connectivity index (χ0v) is 20.8. The number of unbranched alkanes of at least 4 members (excludes halogenated alkanes) is 2. The van der Waals surface area contributed by atoms with Gasteiger partial charge in [-0.25, -0.2) is 13.2 Å². The summed E-state index contributed by atoms with van der Waals surface area (Å²) < 4.78 is 27.0. The van der Waals surface area contributed by atoms with Crippen LogP contribution in [0.3, 0.4) is 0 Å². The molecule has 2 aromatic rings. The normalized spacial score (nSPS) is 13.6. The average Bonchev–Trinajstić information content (AvgIpc) is 2.79. The number of nitrogens with one attached hydrogen (secondary N) is 1. The monoisotopic (exact) mass is 491 g/mol. The molecule has 1 aromatic carbocycles. The van der Waals surface area contributed by atoms with E-state index in [0.29, 0.717) is 50.0 Å². The maximum atomic E-state index is 13.6. The Morgan fingerprint density at radius 1 is 1.18 bits per heavy atom. The third kappa shape index (κ3) is 5.19. The fourth-order valence-corrected chi connectivity index (χ4v) is 5.20. The maximum absolute atomic E-state index is 13.6. The molecule has 34 heavy (non-hydrogen) atoms. The Labute approximate surface area is 199 Å². The topological polar surface area (TPSA) is 139 Å². The molecule has 3 rings (SSSR count). The quantitative estimate of drug-likeness (QED) is 0.551. The summed E-state index contributed by atoms with van der Waals surface area (Å²) in [6, 6.07) is 4.89. The molecule has 1 aliphatic rings. The number of aromatic nitrogens is 2. The summed E-state index contributed by atoms with van der Waals surface area (Å²) in [4.78, 5) is 42.4. The minimum Gasteiger partial charge on any atom is -0.383 e. The molecule has 0 atom stereocenters. The number of carbonyl (C=O) groups is 1. The lowest BCUT2D eigenvalue weighted by atomic mass is 10.00. The van der Waals surface area contributed by atoms with E-state index in [1.807, 2.05) is 13.8 Å². The van der Waals surface area contributed by atoms with Crippen LogP contribution in [0.1, 0.15) is 61.9 Å². The molecule has 2 heterocycles. The molecule has 0 saturated carbocycles. The summed E-state index contributed by atoms with van der Waals surface area (Å²) in [5, 5.41) is 0. The second-order valence-electron chi connectivity index (χ2n) is 8.59. The first-order valence-electron chi connectivity index (χ1n) is 11.6. The van der Waals surface area contributed by atoms with Gasteiger partial charge in [0.15, 0.2) is 5.69 Å². The van der Waals surface area contributed by atoms with Gasteiger partial charge in [-0.05, 0) is 49.4 Å². The SMILES string of the molecule is CCCCN(C(=O)c1ccc2c(c1)CCCN2S(C)(=O)=O)c1c(N)n(CCCC)c(=O)[nH]c1=O. The van der Waals surface area contributed by atoms with Crippen molar-refractivity contribution >= 4 is 33.1 Å². The Morgan fingerprint density at radius 3 is 2.53 bits per heavy atom. The summed E-state index contributed by atoms with van der Waals surface area (Å²) in [7, 11) is -3.43. The van der Waals surface area contributed by atoms with Crippen LogP contribution in [0.5, 0.6) is 0 Å². The highest BCUT2D eigenvalue weighted by atomic mass is 32.2. The van der Waals surface area contributed by atoms with Gasteiger partial charge in [-0.2, -0.15) is 0 Å². The van der Waals surface area contributed by atoms with E-state index in [9.17, 15) is 22.8 Å². The number of fused-ring (bicyclic) bond motifs is 1. The van der Waals surface area contributed by atoms with Crippen molar-refractivity contribution < 1.29 is 13.2 Å². The van der Waals surface area contributed by atoms with Crippen molar-refractivity contribution in [2.24, 2.45) is 0 Å². The summed E-state index contributed by atoms with van der Waals surface area (Å²) in [5.41, 5.74) is 6.57. The maximum Gasteiger partial charge on any atom is 0.330 e. The van der Waals surface area contributed by atoms with Crippen molar-refractivity contribution in [1.29, 1.82) is 0 Å². The summed E-state index contributed by atoms with van der Waals surface area (Å²) in [5.74, 6) is -0.460. The Balaban J connectivity index is 2.08. The first-order chi connectivity index (χ1) is 16.1. The molecule has 11 heteroatoms. The molecule has 1 amide bonds. The third-order valence-electron chi connectivity index (χ3n) is 6.00. The fourth-order valence-electron chi connectivity index (χ4n) is 4.20. The summed E-state index contributed by atoms with van der Waals surface area (Å²) in [6.07, 6.45) is 5.39. The molecule has 0 fully saturated rings. The fraction of sp³-hybridized carbons (Fsp3) is 0.522. The van der Waals surface area contributed by atoms with Crippen molar-refractivity contribution in [2.45, 2.75) is 58.9 Å². The second-order valence-corrected chi connectivity index (χ2v) is 10.5. The number of H-pyrrole nitrogens is 1. The first-order valence-corrected chi connectivity index (χ1v) is 13.5. The largest absolute Gasteiger partial charge is 0.383 e. The van der Waals surface area contributed by atoms with Crippen molar-refractivity contribution in [1.82, 2.24) is 9.55 Å². The molecule has 1 aliphatic heterocycles. The summed E-state index contributed by atoms with van der Waals surface area (Å²) >= 11 is 0. The van der Waals surface area contributed by atoms with Crippen molar-refractivity contribution in [3.05, 3.63) is 50.2 Å². The number of aryl methyl sites for hydroxylation is 1. The number of hydrogen-bond donors (Lipinski definition) is 2. The molecular formula is C23H33N5O5S. The molecule has 10 nitrogen and oxygen atoms in total. The van der Waals surface area contributed by atoms with Crippen molar-refractivity contribution in [3.63, 3.8) is 0 Å². The molecule has 0 spiro atoms. The van der Waals surface area contributed by atoms with Gasteiger partial charge in [-0.15, -0.1) is 0 Å². The minimum absolute atomic E-state index is 0.0344. The molecule has 0 radical (unpaired) electrons. The van der Waals surface area contributed by atoms with Crippen LogP contribution in [0.15, 0.2) is 27.8 Å². The number of anilines is 3. The minimum atomic E-state index is -3.43. The van der Waals surface area contributed by atoms with E-state index in [2.05, 4.69) is 4.98 Å². The van der Waals surface area contributed by atoms with Crippen LogP contribution >= 0.6 is 0 Å². The van der Waals surface area contributed by atoms with Gasteiger partial charge in [0.1, 0.15) is 5.82 Å². The Kier molecular flexibility index (Phi) is 7.86. The van der Waals surface area contributed by atoms with Crippen LogP contribution in [0.2, 0.25) is 0 Å². The highest BCUT2D eigenvalue weighted by Gasteiger charge is 2.28. The molecule has 0 saturated heterocycles. The van der Waals surface area contributed by atoms with Crippen molar-refractivity contribution in [3.8, 4) is 0 Å². The van der Waals surface area contributed by atoms with E-state index >= 15 is 0 Å². The number of nitrogen functional groups attached to an aromatic ring is 1. The molecule has 1 aromatic heterocycles. The number of benzene rings is 1. The number of nitrogens with two attached hydrogens (primary N) is 1. The number of aromatic amines is 1. The van der Waals surface area contributed by atoms with E-state index in [4.69, 9.17) is 5.73 Å². The van der Waals surface area contributed by atoms with Gasteiger partial charge in [0, 0.05) is 25.2 Å². The number of sulfonamides is 1. The van der Waals surface area contributed by atoms with E-state index in [-0.39, 0.29) is 18.1 Å². The van der Waals surface area contributed by atoms with Crippen LogP contribution in [0.4, 0.5) is 17.2 Å². The molecular weight excluding hydrogens is 458 g/mol. The zero-order chi connectivity index (χ0) is 25.0. The van der Waals surface area contributed by atoms with Gasteiger partial charge < -0.3 is 10.6 Å². The van der Waals surface area contributed by atoms with E-state index in [1.165, 1.54) is 13.8 Å². The van der Waals surface area contributed by atoms with Gasteiger partial charge in [-0.3, -0.25) is 23.4 Å². The second kappa shape index (κ2) is 10.5.